The van der Waals surface area contributed by atoms with Gasteiger partial charge in [-0.25, -0.2) is 9.50 Å². The molecule has 0 bridgehead atoms. The first kappa shape index (κ1) is 25.2. The summed E-state index contributed by atoms with van der Waals surface area (Å²) in [6, 6.07) is 16.8. The molecule has 2 fully saturated rings. The number of hydrogen-bond donors (Lipinski definition) is 1. The second-order valence-electron chi connectivity index (χ2n) is 11.9. The van der Waals surface area contributed by atoms with Crippen LogP contribution < -0.4 is 5.56 Å². The van der Waals surface area contributed by atoms with Crippen molar-refractivity contribution < 1.29 is 9.90 Å². The first-order valence-corrected chi connectivity index (χ1v) is 14.6. The van der Waals surface area contributed by atoms with Crippen LogP contribution in [0.4, 0.5) is 0 Å². The van der Waals surface area contributed by atoms with E-state index in [4.69, 9.17) is 0 Å². The molecule has 8 heteroatoms. The van der Waals surface area contributed by atoms with E-state index in [9.17, 15) is 14.7 Å². The number of imidazole rings is 1. The van der Waals surface area contributed by atoms with E-state index in [0.717, 1.165) is 24.1 Å². The number of aryl methyl sites for hydroxylation is 2. The number of likely N-dealkylation sites (tertiary alicyclic amines) is 1. The van der Waals surface area contributed by atoms with Gasteiger partial charge in [0.15, 0.2) is 0 Å². The van der Waals surface area contributed by atoms with Crippen molar-refractivity contribution in [2.75, 3.05) is 13.1 Å². The number of rotatable bonds is 7. The van der Waals surface area contributed by atoms with Gasteiger partial charge in [-0.3, -0.25) is 14.2 Å². The van der Waals surface area contributed by atoms with Crippen molar-refractivity contribution in [3.8, 4) is 11.3 Å². The molecule has 0 radical (unpaired) electrons. The van der Waals surface area contributed by atoms with Crippen molar-refractivity contribution in [3.05, 3.63) is 88.1 Å². The van der Waals surface area contributed by atoms with E-state index in [1.54, 1.807) is 10.7 Å². The number of carbonyl (C=O) groups excluding carboxylic acids is 1. The molecule has 8 nitrogen and oxygen atoms in total. The Bertz CT molecular complexity index is 1610. The van der Waals surface area contributed by atoms with Crippen molar-refractivity contribution in [2.45, 2.75) is 69.4 Å². The fourth-order valence-corrected chi connectivity index (χ4v) is 6.66. The minimum absolute atomic E-state index is 0.132. The summed E-state index contributed by atoms with van der Waals surface area (Å²) in [4.78, 5) is 32.9. The molecule has 3 heterocycles. The van der Waals surface area contributed by atoms with Crippen LogP contribution in [0.15, 0.2) is 65.8 Å². The molecule has 1 saturated heterocycles. The van der Waals surface area contributed by atoms with Crippen LogP contribution in [-0.2, 0) is 24.2 Å². The minimum Gasteiger partial charge on any atom is -0.388 e. The lowest BCUT2D eigenvalue weighted by Gasteiger charge is -2.38. The Balaban J connectivity index is 1.03. The average molecular weight is 538 g/mol. The minimum atomic E-state index is -1.08. The van der Waals surface area contributed by atoms with Crippen LogP contribution in [0.2, 0.25) is 0 Å². The Labute approximate surface area is 233 Å². The molecular formula is C32H35N5O3. The van der Waals surface area contributed by atoms with E-state index in [2.05, 4.69) is 40.4 Å². The third-order valence-electron chi connectivity index (χ3n) is 9.22. The Hall–Kier alpha value is -3.78. The van der Waals surface area contributed by atoms with Gasteiger partial charge in [-0.15, -0.1) is 0 Å². The summed E-state index contributed by atoms with van der Waals surface area (Å²) >= 11 is 0. The maximum Gasteiger partial charge on any atom is 0.296 e. The summed E-state index contributed by atoms with van der Waals surface area (Å²) in [6.45, 7) is 1.10. The standard InChI is InChI=1S/C32H35N5O3/c38-29(18-27(24-10-11-24)23-5-2-1-3-6-23)35-15-13-32(40,14-16-35)20-36-21-34-37-28(19-33-30(37)31(36)39)26-12-9-22-7-4-8-25(22)17-26/h1-3,5-6,9,12,17,19,21,24,27,40H,4,7-8,10-11,13-16,18,20H2. The maximum atomic E-state index is 13.3. The Morgan fingerprint density at radius 2 is 1.82 bits per heavy atom. The molecule has 1 N–H and O–H groups in total. The highest BCUT2D eigenvalue weighted by Crippen LogP contribution is 2.45. The highest BCUT2D eigenvalue weighted by molar-refractivity contribution is 5.77. The summed E-state index contributed by atoms with van der Waals surface area (Å²) in [5, 5.41) is 15.9. The summed E-state index contributed by atoms with van der Waals surface area (Å²) in [5.74, 6) is 1.01. The Kier molecular flexibility index (Phi) is 6.30. The molecule has 1 amide bonds. The van der Waals surface area contributed by atoms with E-state index in [1.165, 1.54) is 46.8 Å². The zero-order valence-corrected chi connectivity index (χ0v) is 22.7. The third-order valence-corrected chi connectivity index (χ3v) is 9.22. The second kappa shape index (κ2) is 10.0. The van der Waals surface area contributed by atoms with Gasteiger partial charge in [0.05, 0.1) is 24.0 Å². The van der Waals surface area contributed by atoms with Crippen LogP contribution in [0.1, 0.15) is 61.1 Å². The smallest absolute Gasteiger partial charge is 0.296 e. The fourth-order valence-electron chi connectivity index (χ4n) is 6.66. The molecule has 0 spiro atoms. The van der Waals surface area contributed by atoms with E-state index in [-0.39, 0.29) is 29.6 Å². The lowest BCUT2D eigenvalue weighted by atomic mass is 9.88. The number of aliphatic hydroxyl groups is 1. The molecule has 1 aliphatic heterocycles. The molecule has 1 unspecified atom stereocenters. The maximum absolute atomic E-state index is 13.3. The monoisotopic (exact) mass is 537 g/mol. The second-order valence-corrected chi connectivity index (χ2v) is 11.9. The number of aromatic nitrogens is 4. The van der Waals surface area contributed by atoms with Crippen molar-refractivity contribution in [1.29, 1.82) is 0 Å². The van der Waals surface area contributed by atoms with Crippen LogP contribution >= 0.6 is 0 Å². The molecule has 40 heavy (non-hydrogen) atoms. The molecule has 4 aromatic rings. The van der Waals surface area contributed by atoms with Gasteiger partial charge >= 0.3 is 0 Å². The van der Waals surface area contributed by atoms with Gasteiger partial charge in [0.2, 0.25) is 11.6 Å². The van der Waals surface area contributed by atoms with Gasteiger partial charge in [-0.05, 0) is 79.5 Å². The highest BCUT2D eigenvalue weighted by atomic mass is 16.3. The molecule has 7 rings (SSSR count). The third kappa shape index (κ3) is 4.74. The number of fused-ring (bicyclic) bond motifs is 2. The van der Waals surface area contributed by atoms with Gasteiger partial charge in [-0.1, -0.05) is 42.5 Å². The van der Waals surface area contributed by atoms with Crippen molar-refractivity contribution in [3.63, 3.8) is 0 Å². The first-order valence-electron chi connectivity index (χ1n) is 14.6. The molecule has 2 aromatic carbocycles. The first-order chi connectivity index (χ1) is 19.5. The fraction of sp³-hybridized carbons (Fsp3) is 0.438. The van der Waals surface area contributed by atoms with Crippen LogP contribution in [0.25, 0.3) is 16.9 Å². The SMILES string of the molecule is O=C(CC(c1ccccc1)C1CC1)N1CCC(O)(Cn2cnn3c(-c4ccc5c(c4)CCC5)cnc3c2=O)CC1. The van der Waals surface area contributed by atoms with Crippen LogP contribution in [0.5, 0.6) is 0 Å². The van der Waals surface area contributed by atoms with E-state index >= 15 is 0 Å². The number of carbonyl (C=O) groups is 1. The van der Waals surface area contributed by atoms with E-state index in [1.807, 2.05) is 23.1 Å². The molecule has 1 saturated carbocycles. The van der Waals surface area contributed by atoms with Crippen LogP contribution in [0, 0.1) is 5.92 Å². The van der Waals surface area contributed by atoms with Crippen molar-refractivity contribution in [2.24, 2.45) is 5.92 Å². The lowest BCUT2D eigenvalue weighted by Crippen LogP contribution is -2.50. The predicted molar refractivity (Wildman–Crippen MR) is 152 cm³/mol. The van der Waals surface area contributed by atoms with Crippen LogP contribution in [0.3, 0.4) is 0 Å². The molecule has 206 valence electrons. The quantitative estimate of drug-likeness (QED) is 0.385. The largest absolute Gasteiger partial charge is 0.388 e. The van der Waals surface area contributed by atoms with Gasteiger partial charge in [0.25, 0.3) is 5.56 Å². The van der Waals surface area contributed by atoms with Gasteiger partial charge in [0, 0.05) is 25.1 Å². The number of amides is 1. The van der Waals surface area contributed by atoms with Gasteiger partial charge in [-0.2, -0.15) is 5.10 Å². The predicted octanol–water partition coefficient (Wildman–Crippen LogP) is 3.98. The van der Waals surface area contributed by atoms with Gasteiger partial charge < -0.3 is 10.0 Å². The zero-order chi connectivity index (χ0) is 27.3. The normalized spacial score (nSPS) is 19.1. The molecule has 2 aromatic heterocycles. The average Bonchev–Trinajstić information content (AvgIpc) is 3.54. The van der Waals surface area contributed by atoms with E-state index < -0.39 is 5.60 Å². The number of nitrogens with zero attached hydrogens (tertiary/aromatic N) is 5. The molecule has 3 aliphatic rings. The van der Waals surface area contributed by atoms with Crippen molar-refractivity contribution in [1.82, 2.24) is 24.1 Å². The summed E-state index contributed by atoms with van der Waals surface area (Å²) in [5.41, 5.74) is 4.69. The molecule has 1 atom stereocenters. The number of piperidine rings is 1. The summed E-state index contributed by atoms with van der Waals surface area (Å²) in [7, 11) is 0. The number of hydrogen-bond acceptors (Lipinski definition) is 5. The molecule has 2 aliphatic carbocycles. The van der Waals surface area contributed by atoms with E-state index in [0.29, 0.717) is 38.3 Å². The molecular weight excluding hydrogens is 502 g/mol. The summed E-state index contributed by atoms with van der Waals surface area (Å²) in [6.07, 6.45) is 10.3. The highest BCUT2D eigenvalue weighted by Gasteiger charge is 2.38. The van der Waals surface area contributed by atoms with Gasteiger partial charge in [0.1, 0.15) is 6.33 Å². The zero-order valence-electron chi connectivity index (χ0n) is 22.7. The number of benzene rings is 2. The van der Waals surface area contributed by atoms with Crippen LogP contribution in [-0.4, -0.2) is 53.8 Å². The Morgan fingerprint density at radius 1 is 1.05 bits per heavy atom. The topological polar surface area (TPSA) is 92.7 Å². The Morgan fingerprint density at radius 3 is 2.60 bits per heavy atom. The lowest BCUT2D eigenvalue weighted by molar-refractivity contribution is -0.136. The van der Waals surface area contributed by atoms with Crippen molar-refractivity contribution >= 4 is 11.6 Å². The summed E-state index contributed by atoms with van der Waals surface area (Å²) < 4.78 is 3.06.